The van der Waals surface area contributed by atoms with Gasteiger partial charge in [-0.1, -0.05) is 44.8 Å². The van der Waals surface area contributed by atoms with Crippen molar-refractivity contribution in [3.8, 4) is 0 Å². The predicted molar refractivity (Wildman–Crippen MR) is 72.5 cm³/mol. The van der Waals surface area contributed by atoms with Gasteiger partial charge in [-0.3, -0.25) is 0 Å². The second kappa shape index (κ2) is 9.89. The summed E-state index contributed by atoms with van der Waals surface area (Å²) in [6, 6.07) is 0. The van der Waals surface area contributed by atoms with Crippen LogP contribution in [0.5, 0.6) is 0 Å². The summed E-state index contributed by atoms with van der Waals surface area (Å²) in [5.74, 6) is 0.994. The normalized spacial score (nSPS) is 17.3. The molecular formula is C15H30O. The van der Waals surface area contributed by atoms with Crippen molar-refractivity contribution >= 4 is 0 Å². The first kappa shape index (κ1) is 12.2. The highest BCUT2D eigenvalue weighted by atomic mass is 16.3. The maximum atomic E-state index is 9.09. The molecule has 1 heteroatoms. The topological polar surface area (TPSA) is 20.2 Å². The van der Waals surface area contributed by atoms with Crippen molar-refractivity contribution < 1.29 is 7.85 Å². The van der Waals surface area contributed by atoms with E-state index in [2.05, 4.69) is 26.8 Å². The molecule has 16 heavy (non-hydrogen) atoms. The first-order chi connectivity index (χ1) is 8.20. The molecule has 1 N–H and O–H groups in total. The monoisotopic (exact) mass is 228 g/mol. The molecule has 0 amide bonds. The molecule has 0 bridgehead atoms. The number of aliphatic hydroxyl groups is 1. The van der Waals surface area contributed by atoms with E-state index in [0.29, 0.717) is 0 Å². The van der Waals surface area contributed by atoms with Gasteiger partial charge in [-0.25, -0.2) is 0 Å². The number of hydrogen-bond acceptors (Lipinski definition) is 1. The second-order valence-corrected chi connectivity index (χ2v) is 5.36. The molecule has 0 radical (unpaired) electrons. The molecule has 0 aromatic heterocycles. The summed E-state index contributed by atoms with van der Waals surface area (Å²) in [6.45, 7) is 6.57. The second-order valence-electron chi connectivity index (χ2n) is 5.36. The average molecular weight is 228 g/mol. The molecule has 0 saturated carbocycles. The van der Waals surface area contributed by atoms with Gasteiger partial charge in [0.2, 0.25) is 0 Å². The van der Waals surface area contributed by atoms with Crippen LogP contribution in [-0.2, 0) is 0 Å². The van der Waals surface area contributed by atoms with Gasteiger partial charge in [-0.05, 0) is 44.9 Å². The highest BCUT2D eigenvalue weighted by Gasteiger charge is 2.04. The first-order valence-corrected chi connectivity index (χ1v) is 6.56. The van der Waals surface area contributed by atoms with Crippen LogP contribution in [0, 0.1) is 11.8 Å². The quantitative estimate of drug-likeness (QED) is 0.574. The van der Waals surface area contributed by atoms with Crippen LogP contribution in [0.25, 0.3) is 0 Å². The number of allylic oxidation sites excluding steroid dienone is 2. The third kappa shape index (κ3) is 10.2. The molecular weight excluding hydrogens is 196 g/mol. The Balaban J connectivity index is 3.62. The Labute approximate surface area is 105 Å². The Morgan fingerprint density at radius 1 is 1.12 bits per heavy atom. The molecule has 0 aromatic carbocycles. The molecule has 0 spiro atoms. The van der Waals surface area contributed by atoms with Gasteiger partial charge in [0, 0.05) is 6.56 Å². The minimum absolute atomic E-state index is 0.249. The Hall–Kier alpha value is -0.300. The van der Waals surface area contributed by atoms with E-state index < -0.39 is 6.56 Å². The van der Waals surface area contributed by atoms with Gasteiger partial charge in [0.25, 0.3) is 0 Å². The zero-order chi connectivity index (χ0) is 14.2. The molecule has 0 aliphatic rings. The lowest BCUT2D eigenvalue weighted by Gasteiger charge is -2.13. The summed E-state index contributed by atoms with van der Waals surface area (Å²) in [7, 11) is 0. The minimum atomic E-state index is -2.01. The molecule has 0 fully saturated rings. The SMILES string of the molecule is [2H]C([2H])(O)CC(C)CCCC(C)CCC=C(C)C. The highest BCUT2D eigenvalue weighted by Crippen LogP contribution is 2.18. The van der Waals surface area contributed by atoms with E-state index in [-0.39, 0.29) is 12.3 Å². The zero-order valence-corrected chi connectivity index (χ0v) is 11.4. The van der Waals surface area contributed by atoms with Crippen molar-refractivity contribution in [3.05, 3.63) is 11.6 Å². The largest absolute Gasteiger partial charge is 0.396 e. The van der Waals surface area contributed by atoms with Gasteiger partial charge in [0.15, 0.2) is 0 Å². The lowest BCUT2D eigenvalue weighted by molar-refractivity contribution is 0.255. The molecule has 2 atom stereocenters. The van der Waals surface area contributed by atoms with Crippen molar-refractivity contribution in [3.63, 3.8) is 0 Å². The van der Waals surface area contributed by atoms with E-state index in [1.165, 1.54) is 18.4 Å². The van der Waals surface area contributed by atoms with Crippen LogP contribution in [-0.4, -0.2) is 11.7 Å². The molecule has 0 aromatic rings. The smallest absolute Gasteiger partial charge is 0.0564 e. The van der Waals surface area contributed by atoms with Gasteiger partial charge in [-0.15, -0.1) is 0 Å². The van der Waals surface area contributed by atoms with E-state index in [1.54, 1.807) is 0 Å². The molecule has 0 heterocycles. The third-order valence-corrected chi connectivity index (χ3v) is 3.05. The van der Waals surface area contributed by atoms with Crippen LogP contribution in [0.1, 0.15) is 69.0 Å². The third-order valence-electron chi connectivity index (χ3n) is 3.05. The molecule has 0 saturated heterocycles. The zero-order valence-electron chi connectivity index (χ0n) is 13.4. The van der Waals surface area contributed by atoms with Crippen LogP contribution >= 0.6 is 0 Å². The summed E-state index contributed by atoms with van der Waals surface area (Å²) in [5, 5.41) is 9.09. The van der Waals surface area contributed by atoms with E-state index in [9.17, 15) is 0 Å². The fourth-order valence-corrected chi connectivity index (χ4v) is 1.87. The fourth-order valence-electron chi connectivity index (χ4n) is 1.87. The van der Waals surface area contributed by atoms with Crippen LogP contribution in [0.4, 0.5) is 0 Å². The first-order valence-electron chi connectivity index (χ1n) is 7.56. The summed E-state index contributed by atoms with van der Waals surface area (Å²) in [4.78, 5) is 0. The van der Waals surface area contributed by atoms with Crippen LogP contribution in [0.15, 0.2) is 11.6 Å². The molecule has 0 aliphatic carbocycles. The van der Waals surface area contributed by atoms with Crippen molar-refractivity contribution in [2.75, 3.05) is 6.56 Å². The number of hydrogen-bond donors (Lipinski definition) is 1. The summed E-state index contributed by atoms with van der Waals surface area (Å²) < 4.78 is 14.3. The van der Waals surface area contributed by atoms with Crippen molar-refractivity contribution in [1.82, 2.24) is 0 Å². The van der Waals surface area contributed by atoms with Crippen molar-refractivity contribution in [2.45, 2.75) is 66.2 Å². The lowest BCUT2D eigenvalue weighted by Crippen LogP contribution is -2.00. The maximum Gasteiger partial charge on any atom is 0.0564 e. The highest BCUT2D eigenvalue weighted by molar-refractivity contribution is 4.92. The Kier molecular flexibility index (Phi) is 7.52. The Bertz CT molecular complexity index is 239. The summed E-state index contributed by atoms with van der Waals surface area (Å²) >= 11 is 0. The van der Waals surface area contributed by atoms with Gasteiger partial charge >= 0.3 is 0 Å². The number of rotatable bonds is 9. The van der Waals surface area contributed by atoms with Crippen molar-refractivity contribution in [1.29, 1.82) is 0 Å². The van der Waals surface area contributed by atoms with Crippen LogP contribution in [0.2, 0.25) is 0 Å². The van der Waals surface area contributed by atoms with E-state index in [0.717, 1.165) is 25.2 Å². The molecule has 96 valence electrons. The Morgan fingerprint density at radius 2 is 1.69 bits per heavy atom. The van der Waals surface area contributed by atoms with Gasteiger partial charge in [0.05, 0.1) is 2.74 Å². The minimum Gasteiger partial charge on any atom is -0.396 e. The van der Waals surface area contributed by atoms with Gasteiger partial charge < -0.3 is 5.11 Å². The lowest BCUT2D eigenvalue weighted by atomic mass is 9.94. The van der Waals surface area contributed by atoms with Crippen molar-refractivity contribution in [2.24, 2.45) is 11.8 Å². The summed E-state index contributed by atoms with van der Waals surface area (Å²) in [5.41, 5.74) is 1.39. The van der Waals surface area contributed by atoms with Gasteiger partial charge in [0.1, 0.15) is 0 Å². The molecule has 0 aliphatic heterocycles. The van der Waals surface area contributed by atoms with E-state index in [4.69, 9.17) is 7.85 Å². The maximum absolute atomic E-state index is 9.09. The molecule has 1 nitrogen and oxygen atoms in total. The predicted octanol–water partition coefficient (Wildman–Crippen LogP) is 4.56. The summed E-state index contributed by atoms with van der Waals surface area (Å²) in [6.07, 6.45) is 8.28. The van der Waals surface area contributed by atoms with Crippen LogP contribution in [0.3, 0.4) is 0 Å². The standard InChI is InChI=1S/C15H30O/c1-13(2)7-5-8-14(3)9-6-10-15(4)11-12-16/h7,14-16H,5-6,8-12H2,1-4H3/i12D2. The van der Waals surface area contributed by atoms with Crippen LogP contribution < -0.4 is 0 Å². The van der Waals surface area contributed by atoms with E-state index >= 15 is 0 Å². The van der Waals surface area contributed by atoms with E-state index in [1.807, 2.05) is 6.92 Å². The molecule has 0 rings (SSSR count). The molecule has 2 unspecified atom stereocenters. The fraction of sp³-hybridized carbons (Fsp3) is 0.867. The van der Waals surface area contributed by atoms with Gasteiger partial charge in [-0.2, -0.15) is 0 Å². The Morgan fingerprint density at radius 3 is 2.19 bits per heavy atom. The average Bonchev–Trinajstić information content (AvgIpc) is 2.13.